The molecule has 0 aromatic carbocycles. The van der Waals surface area contributed by atoms with Crippen LogP contribution >= 0.6 is 0 Å². The minimum Gasteiger partial charge on any atom is -0.361 e. The first kappa shape index (κ1) is 13.8. The summed E-state index contributed by atoms with van der Waals surface area (Å²) in [6.07, 6.45) is 9.28. The van der Waals surface area contributed by atoms with E-state index in [1.165, 1.54) is 0 Å². The van der Waals surface area contributed by atoms with Crippen molar-refractivity contribution in [2.24, 2.45) is 5.92 Å². The van der Waals surface area contributed by atoms with Gasteiger partial charge in [0.2, 0.25) is 5.91 Å². The predicted molar refractivity (Wildman–Crippen MR) is 80.9 cm³/mol. The minimum absolute atomic E-state index is 0.0924. The molecule has 0 N–H and O–H groups in total. The number of fused-ring (bicyclic) bond motifs is 1. The molecule has 0 saturated carbocycles. The standard InChI is InChI=1S/C17H26N2O2/c1-3-18-8-6-16(7-9-18)11-14-10-15-4-5-17(14,21-15)12-19(16)13(2)20/h4-5,14-15H,3,6-12H2,1-2H3/t14-,15-,17-/m0/s1. The lowest BCUT2D eigenvalue weighted by molar-refractivity contribution is -0.154. The maximum absolute atomic E-state index is 12.3. The number of ether oxygens (including phenoxy) is 1. The average molecular weight is 290 g/mol. The van der Waals surface area contributed by atoms with Crippen molar-refractivity contribution in [1.82, 2.24) is 9.80 Å². The summed E-state index contributed by atoms with van der Waals surface area (Å²) in [5.74, 6) is 0.830. The van der Waals surface area contributed by atoms with Gasteiger partial charge in [0.1, 0.15) is 5.60 Å². The first-order chi connectivity index (χ1) is 10.1. The number of hydrogen-bond acceptors (Lipinski definition) is 3. The van der Waals surface area contributed by atoms with Gasteiger partial charge in [-0.1, -0.05) is 19.1 Å². The molecule has 4 rings (SSSR count). The zero-order chi connectivity index (χ0) is 14.7. The number of rotatable bonds is 1. The number of hydrogen-bond donors (Lipinski definition) is 0. The predicted octanol–water partition coefficient (Wildman–Crippen LogP) is 1.81. The Morgan fingerprint density at radius 3 is 2.76 bits per heavy atom. The summed E-state index contributed by atoms with van der Waals surface area (Å²) in [6, 6.07) is 0. The summed E-state index contributed by atoms with van der Waals surface area (Å²) < 4.78 is 6.21. The lowest BCUT2D eigenvalue weighted by Crippen LogP contribution is -2.66. The minimum atomic E-state index is -0.163. The summed E-state index contributed by atoms with van der Waals surface area (Å²) in [6.45, 7) is 8.10. The summed E-state index contributed by atoms with van der Waals surface area (Å²) in [5.41, 5.74) is -0.0709. The second kappa shape index (κ2) is 4.56. The summed E-state index contributed by atoms with van der Waals surface area (Å²) in [4.78, 5) is 17.0. The van der Waals surface area contributed by atoms with Crippen LogP contribution in [-0.2, 0) is 9.53 Å². The molecule has 116 valence electrons. The Bertz CT molecular complexity index is 481. The largest absolute Gasteiger partial charge is 0.361 e. The van der Waals surface area contributed by atoms with Crippen molar-refractivity contribution in [3.8, 4) is 0 Å². The van der Waals surface area contributed by atoms with Crippen molar-refractivity contribution >= 4 is 5.91 Å². The fourth-order valence-corrected chi connectivity index (χ4v) is 5.13. The second-order valence-electron chi connectivity index (χ2n) is 7.37. The van der Waals surface area contributed by atoms with Gasteiger partial charge in [-0.05, 0) is 38.1 Å². The highest BCUT2D eigenvalue weighted by Gasteiger charge is 2.59. The molecule has 0 aliphatic carbocycles. The normalized spacial score (nSPS) is 40.8. The zero-order valence-corrected chi connectivity index (χ0v) is 13.2. The molecule has 3 atom stereocenters. The van der Waals surface area contributed by atoms with E-state index >= 15 is 0 Å². The second-order valence-corrected chi connectivity index (χ2v) is 7.37. The number of piperidine rings is 2. The van der Waals surface area contributed by atoms with E-state index in [0.717, 1.165) is 51.9 Å². The van der Waals surface area contributed by atoms with Gasteiger partial charge < -0.3 is 14.5 Å². The van der Waals surface area contributed by atoms with Gasteiger partial charge in [-0.15, -0.1) is 0 Å². The summed E-state index contributed by atoms with van der Waals surface area (Å²) >= 11 is 0. The van der Waals surface area contributed by atoms with Crippen molar-refractivity contribution in [2.75, 3.05) is 26.2 Å². The lowest BCUT2D eigenvalue weighted by atomic mass is 9.67. The molecular weight excluding hydrogens is 264 g/mol. The molecule has 3 fully saturated rings. The van der Waals surface area contributed by atoms with Crippen LogP contribution in [0.4, 0.5) is 0 Å². The van der Waals surface area contributed by atoms with Gasteiger partial charge in [-0.2, -0.15) is 0 Å². The van der Waals surface area contributed by atoms with Crippen molar-refractivity contribution in [3.05, 3.63) is 12.2 Å². The van der Waals surface area contributed by atoms with Crippen LogP contribution in [0.3, 0.4) is 0 Å². The fourth-order valence-electron chi connectivity index (χ4n) is 5.13. The number of nitrogens with zero attached hydrogens (tertiary/aromatic N) is 2. The van der Waals surface area contributed by atoms with Crippen LogP contribution in [0.1, 0.15) is 39.5 Å². The molecule has 4 aliphatic heterocycles. The SMILES string of the molecule is CCN1CCC2(CC1)C[C@@H]1C[C@@H]3C=C[C@@]1(CN2C(C)=O)O3. The van der Waals surface area contributed by atoms with Crippen LogP contribution in [0.2, 0.25) is 0 Å². The Balaban J connectivity index is 1.62. The topological polar surface area (TPSA) is 32.8 Å². The quantitative estimate of drug-likeness (QED) is 0.691. The van der Waals surface area contributed by atoms with Gasteiger partial charge in [-0.25, -0.2) is 0 Å². The maximum atomic E-state index is 12.3. The highest BCUT2D eigenvalue weighted by molar-refractivity contribution is 5.74. The Kier molecular flexibility index (Phi) is 2.99. The molecule has 0 aromatic rings. The molecule has 0 radical (unpaired) electrons. The number of amides is 1. The van der Waals surface area contributed by atoms with E-state index in [-0.39, 0.29) is 17.0 Å². The molecule has 21 heavy (non-hydrogen) atoms. The number of likely N-dealkylation sites (tertiary alicyclic amines) is 2. The third-order valence-electron chi connectivity index (χ3n) is 6.39. The van der Waals surface area contributed by atoms with Crippen LogP contribution in [-0.4, -0.2) is 59.1 Å². The number of carbonyl (C=O) groups excluding carboxylic acids is 1. The van der Waals surface area contributed by atoms with Crippen LogP contribution < -0.4 is 0 Å². The third kappa shape index (κ3) is 1.92. The lowest BCUT2D eigenvalue weighted by Gasteiger charge is -2.56. The van der Waals surface area contributed by atoms with Gasteiger partial charge in [0.25, 0.3) is 0 Å². The molecular formula is C17H26N2O2. The Hall–Kier alpha value is -0.870. The van der Waals surface area contributed by atoms with Gasteiger partial charge in [0, 0.05) is 25.6 Å². The van der Waals surface area contributed by atoms with E-state index in [9.17, 15) is 4.79 Å². The Morgan fingerprint density at radius 2 is 2.14 bits per heavy atom. The van der Waals surface area contributed by atoms with Crippen LogP contribution in [0.15, 0.2) is 12.2 Å². The Morgan fingerprint density at radius 1 is 1.38 bits per heavy atom. The molecule has 4 heteroatoms. The van der Waals surface area contributed by atoms with E-state index in [2.05, 4.69) is 28.9 Å². The highest BCUT2D eigenvalue weighted by Crippen LogP contribution is 2.53. The molecule has 3 saturated heterocycles. The molecule has 0 aromatic heterocycles. The summed E-state index contributed by atoms with van der Waals surface area (Å²) in [7, 11) is 0. The first-order valence-corrected chi connectivity index (χ1v) is 8.45. The maximum Gasteiger partial charge on any atom is 0.220 e. The highest BCUT2D eigenvalue weighted by atomic mass is 16.5. The van der Waals surface area contributed by atoms with Crippen LogP contribution in [0, 0.1) is 5.92 Å². The molecule has 4 nitrogen and oxygen atoms in total. The number of carbonyl (C=O) groups is 1. The van der Waals surface area contributed by atoms with E-state index in [1.807, 2.05) is 0 Å². The van der Waals surface area contributed by atoms with E-state index in [1.54, 1.807) is 6.92 Å². The molecule has 0 unspecified atom stereocenters. The zero-order valence-electron chi connectivity index (χ0n) is 13.2. The van der Waals surface area contributed by atoms with Gasteiger partial charge in [-0.3, -0.25) is 4.79 Å². The fraction of sp³-hybridized carbons (Fsp3) is 0.824. The average Bonchev–Trinajstić information content (AvgIpc) is 3.03. The third-order valence-corrected chi connectivity index (χ3v) is 6.39. The Labute approximate surface area is 127 Å². The molecule has 4 aliphatic rings. The van der Waals surface area contributed by atoms with Crippen molar-refractivity contribution in [1.29, 1.82) is 0 Å². The van der Waals surface area contributed by atoms with Crippen molar-refractivity contribution in [2.45, 2.75) is 56.8 Å². The molecule has 2 bridgehead atoms. The molecule has 2 spiro atoms. The van der Waals surface area contributed by atoms with Gasteiger partial charge in [0.15, 0.2) is 0 Å². The summed E-state index contributed by atoms with van der Waals surface area (Å²) in [5, 5.41) is 0. The van der Waals surface area contributed by atoms with Crippen molar-refractivity contribution < 1.29 is 9.53 Å². The van der Waals surface area contributed by atoms with E-state index < -0.39 is 0 Å². The van der Waals surface area contributed by atoms with E-state index in [0.29, 0.717) is 12.0 Å². The monoisotopic (exact) mass is 290 g/mol. The molecule has 1 amide bonds. The van der Waals surface area contributed by atoms with Crippen molar-refractivity contribution in [3.63, 3.8) is 0 Å². The first-order valence-electron chi connectivity index (χ1n) is 8.45. The molecule has 4 heterocycles. The van der Waals surface area contributed by atoms with Gasteiger partial charge >= 0.3 is 0 Å². The van der Waals surface area contributed by atoms with E-state index in [4.69, 9.17) is 4.74 Å². The van der Waals surface area contributed by atoms with Crippen LogP contribution in [0.5, 0.6) is 0 Å². The smallest absolute Gasteiger partial charge is 0.220 e. The van der Waals surface area contributed by atoms with Gasteiger partial charge in [0.05, 0.1) is 12.6 Å². The van der Waals surface area contributed by atoms with Crippen LogP contribution in [0.25, 0.3) is 0 Å².